The second kappa shape index (κ2) is 6.18. The summed E-state index contributed by atoms with van der Waals surface area (Å²) in [5.41, 5.74) is 0. The summed E-state index contributed by atoms with van der Waals surface area (Å²) in [6, 6.07) is 0.846. The molecule has 0 spiro atoms. The summed E-state index contributed by atoms with van der Waals surface area (Å²) in [6.45, 7) is 6.58. The molecule has 0 bridgehead atoms. The fourth-order valence-corrected chi connectivity index (χ4v) is 2.32. The Morgan fingerprint density at radius 2 is 2.27 bits per heavy atom. The average molecular weight is 227 g/mol. The molecule has 2 atom stereocenters. The molecule has 3 nitrogen and oxygen atoms in total. The van der Waals surface area contributed by atoms with Crippen LogP contribution in [0, 0.1) is 0 Å². The molecule has 0 amide bonds. The minimum absolute atomic E-state index is 0.317. The number of aromatic nitrogens is 2. The summed E-state index contributed by atoms with van der Waals surface area (Å²) in [4.78, 5) is 4.34. The van der Waals surface area contributed by atoms with E-state index in [1.165, 1.54) is 5.75 Å². The zero-order valence-electron chi connectivity index (χ0n) is 10.0. The summed E-state index contributed by atoms with van der Waals surface area (Å²) in [5, 5.41) is 3.55. The lowest BCUT2D eigenvalue weighted by atomic mass is 10.2. The normalized spacial score (nSPS) is 15.2. The van der Waals surface area contributed by atoms with Gasteiger partial charge in [-0.25, -0.2) is 4.98 Å². The highest BCUT2D eigenvalue weighted by Gasteiger charge is 2.12. The molecular weight excluding hydrogens is 206 g/mol. The maximum Gasteiger partial charge on any atom is 0.125 e. The zero-order valence-corrected chi connectivity index (χ0v) is 10.8. The van der Waals surface area contributed by atoms with E-state index >= 15 is 0 Å². The van der Waals surface area contributed by atoms with Crippen molar-refractivity contribution >= 4 is 11.8 Å². The smallest absolute Gasteiger partial charge is 0.125 e. The second-order valence-corrected chi connectivity index (χ2v) is 5.16. The zero-order chi connectivity index (χ0) is 11.3. The van der Waals surface area contributed by atoms with Crippen LogP contribution >= 0.6 is 11.8 Å². The van der Waals surface area contributed by atoms with E-state index in [4.69, 9.17) is 0 Å². The highest BCUT2D eigenvalue weighted by atomic mass is 32.2. The summed E-state index contributed by atoms with van der Waals surface area (Å²) in [6.07, 6.45) is 3.83. The molecule has 0 saturated carbocycles. The largest absolute Gasteiger partial charge is 0.337 e. The number of aryl methyl sites for hydroxylation is 1. The van der Waals surface area contributed by atoms with E-state index in [1.54, 1.807) is 0 Å². The van der Waals surface area contributed by atoms with Crippen LogP contribution < -0.4 is 5.32 Å². The molecule has 4 heteroatoms. The Kier molecular flexibility index (Phi) is 5.19. The number of imidazole rings is 1. The van der Waals surface area contributed by atoms with Gasteiger partial charge in [0, 0.05) is 31.2 Å². The van der Waals surface area contributed by atoms with Crippen LogP contribution in [-0.2, 0) is 7.05 Å². The third-order valence-electron chi connectivity index (χ3n) is 2.35. The van der Waals surface area contributed by atoms with E-state index in [1.807, 2.05) is 31.2 Å². The Bertz CT molecular complexity index is 285. The van der Waals surface area contributed by atoms with Crippen LogP contribution in [0.15, 0.2) is 12.4 Å². The first-order valence-electron chi connectivity index (χ1n) is 5.46. The van der Waals surface area contributed by atoms with E-state index in [9.17, 15) is 0 Å². The Balaban J connectivity index is 2.42. The van der Waals surface area contributed by atoms with Crippen molar-refractivity contribution in [1.29, 1.82) is 0 Å². The lowest BCUT2D eigenvalue weighted by molar-refractivity contribution is 0.481. The van der Waals surface area contributed by atoms with E-state index < -0.39 is 0 Å². The highest BCUT2D eigenvalue weighted by molar-refractivity contribution is 7.99. The average Bonchev–Trinajstić information content (AvgIpc) is 2.61. The first-order chi connectivity index (χ1) is 7.15. The maximum atomic E-state index is 4.34. The van der Waals surface area contributed by atoms with Gasteiger partial charge in [0.05, 0.1) is 6.04 Å². The minimum atomic E-state index is 0.317. The molecule has 0 fully saturated rings. The molecule has 86 valence electrons. The van der Waals surface area contributed by atoms with Gasteiger partial charge in [0.2, 0.25) is 0 Å². The lowest BCUT2D eigenvalue weighted by Gasteiger charge is -2.19. The molecule has 0 aliphatic carbocycles. The molecule has 1 N–H and O–H groups in total. The van der Waals surface area contributed by atoms with Gasteiger partial charge in [0.25, 0.3) is 0 Å². The standard InChI is InChI=1S/C11H21N3S/c1-5-15-8-9(2)13-10(3)11-12-6-7-14(11)4/h6-7,9-10,13H,5,8H2,1-4H3. The summed E-state index contributed by atoms with van der Waals surface area (Å²) in [7, 11) is 2.03. The summed E-state index contributed by atoms with van der Waals surface area (Å²) < 4.78 is 2.07. The molecule has 1 rings (SSSR count). The monoisotopic (exact) mass is 227 g/mol. The molecule has 1 aromatic heterocycles. The van der Waals surface area contributed by atoms with E-state index in [0.29, 0.717) is 12.1 Å². The molecule has 0 aliphatic heterocycles. The molecular formula is C11H21N3S. The van der Waals surface area contributed by atoms with Crippen molar-refractivity contribution < 1.29 is 0 Å². The molecule has 0 saturated heterocycles. The Morgan fingerprint density at radius 1 is 1.53 bits per heavy atom. The fraction of sp³-hybridized carbons (Fsp3) is 0.727. The van der Waals surface area contributed by atoms with Gasteiger partial charge in [-0.1, -0.05) is 6.92 Å². The topological polar surface area (TPSA) is 29.9 Å². The predicted octanol–water partition coefficient (Wildman–Crippen LogP) is 2.21. The van der Waals surface area contributed by atoms with Crippen LogP contribution in [0.2, 0.25) is 0 Å². The van der Waals surface area contributed by atoms with Crippen LogP contribution in [0.25, 0.3) is 0 Å². The van der Waals surface area contributed by atoms with Gasteiger partial charge in [-0.2, -0.15) is 11.8 Å². The van der Waals surface area contributed by atoms with Crippen LogP contribution in [0.5, 0.6) is 0 Å². The van der Waals surface area contributed by atoms with Gasteiger partial charge in [-0.15, -0.1) is 0 Å². The van der Waals surface area contributed by atoms with Gasteiger partial charge in [-0.05, 0) is 19.6 Å². The quantitative estimate of drug-likeness (QED) is 0.808. The van der Waals surface area contributed by atoms with Crippen molar-refractivity contribution in [1.82, 2.24) is 14.9 Å². The van der Waals surface area contributed by atoms with Gasteiger partial charge < -0.3 is 9.88 Å². The molecule has 0 aromatic carbocycles. The van der Waals surface area contributed by atoms with Crippen molar-refractivity contribution in [3.8, 4) is 0 Å². The molecule has 1 aromatic rings. The van der Waals surface area contributed by atoms with Crippen molar-refractivity contribution in [2.24, 2.45) is 7.05 Å². The Labute approximate surface area is 96.7 Å². The van der Waals surface area contributed by atoms with Crippen LogP contribution in [0.1, 0.15) is 32.6 Å². The van der Waals surface area contributed by atoms with Gasteiger partial charge in [0.1, 0.15) is 5.82 Å². The minimum Gasteiger partial charge on any atom is -0.337 e. The lowest BCUT2D eigenvalue weighted by Crippen LogP contribution is -2.32. The van der Waals surface area contributed by atoms with Crippen LogP contribution in [-0.4, -0.2) is 27.1 Å². The van der Waals surface area contributed by atoms with Crippen molar-refractivity contribution in [2.45, 2.75) is 32.9 Å². The second-order valence-electron chi connectivity index (χ2n) is 3.85. The van der Waals surface area contributed by atoms with Gasteiger partial charge in [-0.3, -0.25) is 0 Å². The van der Waals surface area contributed by atoms with E-state index in [2.05, 4.69) is 35.6 Å². The third kappa shape index (κ3) is 3.87. The third-order valence-corrected chi connectivity index (χ3v) is 3.50. The molecule has 0 radical (unpaired) electrons. The molecule has 15 heavy (non-hydrogen) atoms. The van der Waals surface area contributed by atoms with Gasteiger partial charge in [0.15, 0.2) is 0 Å². The van der Waals surface area contributed by atoms with E-state index in [0.717, 1.165) is 11.6 Å². The maximum absolute atomic E-state index is 4.34. The number of hydrogen-bond acceptors (Lipinski definition) is 3. The fourth-order valence-electron chi connectivity index (χ4n) is 1.64. The first-order valence-corrected chi connectivity index (χ1v) is 6.61. The summed E-state index contributed by atoms with van der Waals surface area (Å²) in [5.74, 6) is 3.44. The molecule has 2 unspecified atom stereocenters. The van der Waals surface area contributed by atoms with Crippen LogP contribution in [0.4, 0.5) is 0 Å². The number of nitrogens with one attached hydrogen (secondary N) is 1. The SMILES string of the molecule is CCSCC(C)NC(C)c1nccn1C. The van der Waals surface area contributed by atoms with Gasteiger partial charge >= 0.3 is 0 Å². The number of nitrogens with zero attached hydrogens (tertiary/aromatic N) is 2. The number of rotatable bonds is 6. The Morgan fingerprint density at radius 3 is 2.80 bits per heavy atom. The molecule has 0 aliphatic rings. The number of thioether (sulfide) groups is 1. The number of hydrogen-bond donors (Lipinski definition) is 1. The van der Waals surface area contributed by atoms with Crippen molar-refractivity contribution in [2.75, 3.05) is 11.5 Å². The highest BCUT2D eigenvalue weighted by Crippen LogP contribution is 2.11. The van der Waals surface area contributed by atoms with Crippen LogP contribution in [0.3, 0.4) is 0 Å². The first kappa shape index (κ1) is 12.6. The Hall–Kier alpha value is -0.480. The van der Waals surface area contributed by atoms with Crippen molar-refractivity contribution in [3.05, 3.63) is 18.2 Å². The predicted molar refractivity (Wildman–Crippen MR) is 67.2 cm³/mol. The van der Waals surface area contributed by atoms with E-state index in [-0.39, 0.29) is 0 Å². The molecule has 1 heterocycles. The summed E-state index contributed by atoms with van der Waals surface area (Å²) >= 11 is 1.97. The van der Waals surface area contributed by atoms with Crippen molar-refractivity contribution in [3.63, 3.8) is 0 Å².